The van der Waals surface area contributed by atoms with Crippen molar-refractivity contribution in [3.05, 3.63) is 0 Å². The second-order valence-corrected chi connectivity index (χ2v) is 4.50. The van der Waals surface area contributed by atoms with Crippen molar-refractivity contribution < 1.29 is 14.3 Å². The Kier molecular flexibility index (Phi) is 5.71. The summed E-state index contributed by atoms with van der Waals surface area (Å²) < 4.78 is 4.80. The SMILES string of the molecule is COCC(=O)N1CCN(C(=O)C(C)CCl)CC1. The summed E-state index contributed by atoms with van der Waals surface area (Å²) in [5.41, 5.74) is 0. The summed E-state index contributed by atoms with van der Waals surface area (Å²) in [4.78, 5) is 26.9. The predicted molar refractivity (Wildman–Crippen MR) is 64.9 cm³/mol. The lowest BCUT2D eigenvalue weighted by Crippen LogP contribution is -2.52. The zero-order valence-corrected chi connectivity index (χ0v) is 11.1. The number of methoxy groups -OCH3 is 1. The predicted octanol–water partition coefficient (Wildman–Crippen LogP) is 0.179. The van der Waals surface area contributed by atoms with Crippen LogP contribution in [0.2, 0.25) is 0 Å². The minimum absolute atomic E-state index is 0.0232. The van der Waals surface area contributed by atoms with Crippen LogP contribution in [0.25, 0.3) is 0 Å². The molecule has 1 unspecified atom stereocenters. The van der Waals surface area contributed by atoms with Crippen molar-refractivity contribution in [1.29, 1.82) is 0 Å². The number of alkyl halides is 1. The number of halogens is 1. The Morgan fingerprint density at radius 1 is 1.24 bits per heavy atom. The van der Waals surface area contributed by atoms with Crippen molar-refractivity contribution in [2.45, 2.75) is 6.92 Å². The largest absolute Gasteiger partial charge is 0.375 e. The molecule has 0 bridgehead atoms. The Morgan fingerprint density at radius 3 is 2.24 bits per heavy atom. The van der Waals surface area contributed by atoms with Crippen molar-refractivity contribution in [2.24, 2.45) is 5.92 Å². The molecule has 0 spiro atoms. The third kappa shape index (κ3) is 3.85. The summed E-state index contributed by atoms with van der Waals surface area (Å²) in [5.74, 6) is 0.225. The summed E-state index contributed by atoms with van der Waals surface area (Å²) in [6, 6.07) is 0. The second kappa shape index (κ2) is 6.81. The van der Waals surface area contributed by atoms with Gasteiger partial charge in [0.05, 0.1) is 0 Å². The van der Waals surface area contributed by atoms with E-state index in [0.717, 1.165) is 0 Å². The standard InChI is InChI=1S/C11H19ClN2O3/c1-9(7-12)11(16)14-5-3-13(4-6-14)10(15)8-17-2/h9H,3-8H2,1-2H3. The summed E-state index contributed by atoms with van der Waals surface area (Å²) in [6.07, 6.45) is 0. The smallest absolute Gasteiger partial charge is 0.248 e. The molecule has 0 N–H and O–H groups in total. The number of hydrogen-bond donors (Lipinski definition) is 0. The van der Waals surface area contributed by atoms with Gasteiger partial charge in [0, 0.05) is 45.1 Å². The molecule has 1 rings (SSSR count). The molecule has 1 saturated heterocycles. The van der Waals surface area contributed by atoms with Gasteiger partial charge in [-0.25, -0.2) is 0 Å². The molecule has 0 aliphatic carbocycles. The van der Waals surface area contributed by atoms with Gasteiger partial charge in [0.1, 0.15) is 6.61 Å². The quantitative estimate of drug-likeness (QED) is 0.679. The maximum atomic E-state index is 11.8. The molecule has 1 aliphatic rings. The average Bonchev–Trinajstić information content (AvgIpc) is 2.37. The molecule has 2 amide bonds. The van der Waals surface area contributed by atoms with Crippen molar-refractivity contribution in [3.63, 3.8) is 0 Å². The van der Waals surface area contributed by atoms with E-state index in [-0.39, 0.29) is 24.3 Å². The molecule has 1 fully saturated rings. The first kappa shape index (κ1) is 14.3. The number of piperazine rings is 1. The Balaban J connectivity index is 2.40. The summed E-state index contributed by atoms with van der Waals surface area (Å²) in [6.45, 7) is 4.22. The van der Waals surface area contributed by atoms with E-state index in [1.54, 1.807) is 9.80 Å². The molecule has 0 saturated carbocycles. The van der Waals surface area contributed by atoms with E-state index in [2.05, 4.69) is 0 Å². The number of ether oxygens (including phenoxy) is 1. The molecule has 98 valence electrons. The van der Waals surface area contributed by atoms with E-state index >= 15 is 0 Å². The first-order valence-corrected chi connectivity index (χ1v) is 6.25. The summed E-state index contributed by atoms with van der Waals surface area (Å²) >= 11 is 5.66. The minimum Gasteiger partial charge on any atom is -0.375 e. The van der Waals surface area contributed by atoms with E-state index in [4.69, 9.17) is 16.3 Å². The molecular weight excluding hydrogens is 244 g/mol. The molecule has 0 aromatic carbocycles. The van der Waals surface area contributed by atoms with Gasteiger partial charge in [0.2, 0.25) is 11.8 Å². The first-order valence-electron chi connectivity index (χ1n) is 5.71. The highest BCUT2D eigenvalue weighted by atomic mass is 35.5. The third-order valence-corrected chi connectivity index (χ3v) is 3.33. The molecule has 1 heterocycles. The monoisotopic (exact) mass is 262 g/mol. The average molecular weight is 263 g/mol. The number of hydrogen-bond acceptors (Lipinski definition) is 3. The molecule has 6 heteroatoms. The van der Waals surface area contributed by atoms with E-state index in [0.29, 0.717) is 32.1 Å². The van der Waals surface area contributed by atoms with Gasteiger partial charge in [-0.05, 0) is 0 Å². The Labute approximate surface area is 107 Å². The number of rotatable bonds is 4. The Morgan fingerprint density at radius 2 is 1.76 bits per heavy atom. The molecule has 1 atom stereocenters. The van der Waals surface area contributed by atoms with E-state index in [9.17, 15) is 9.59 Å². The van der Waals surface area contributed by atoms with E-state index < -0.39 is 0 Å². The van der Waals surface area contributed by atoms with Gasteiger partial charge in [0.25, 0.3) is 0 Å². The topological polar surface area (TPSA) is 49.9 Å². The van der Waals surface area contributed by atoms with Crippen molar-refractivity contribution in [3.8, 4) is 0 Å². The Bertz CT molecular complexity index is 278. The first-order chi connectivity index (χ1) is 8.10. The number of carbonyl (C=O) groups is 2. The fraction of sp³-hybridized carbons (Fsp3) is 0.818. The van der Waals surface area contributed by atoms with Gasteiger partial charge in [-0.15, -0.1) is 11.6 Å². The van der Waals surface area contributed by atoms with Crippen molar-refractivity contribution >= 4 is 23.4 Å². The molecular formula is C11H19ClN2O3. The van der Waals surface area contributed by atoms with Crippen LogP contribution in [0.5, 0.6) is 0 Å². The fourth-order valence-corrected chi connectivity index (χ4v) is 1.90. The van der Waals surface area contributed by atoms with Crippen molar-refractivity contribution in [1.82, 2.24) is 9.80 Å². The zero-order valence-electron chi connectivity index (χ0n) is 10.3. The molecule has 1 aliphatic heterocycles. The molecule has 0 radical (unpaired) electrons. The van der Waals surface area contributed by atoms with Crippen LogP contribution in [0.4, 0.5) is 0 Å². The summed E-state index contributed by atoms with van der Waals surface area (Å²) in [5, 5.41) is 0. The van der Waals surface area contributed by atoms with Crippen molar-refractivity contribution in [2.75, 3.05) is 45.8 Å². The molecule has 5 nitrogen and oxygen atoms in total. The lowest BCUT2D eigenvalue weighted by atomic mass is 10.1. The Hall–Kier alpha value is -0.810. The van der Waals surface area contributed by atoms with Crippen LogP contribution in [-0.2, 0) is 14.3 Å². The summed E-state index contributed by atoms with van der Waals surface area (Å²) in [7, 11) is 1.50. The highest BCUT2D eigenvalue weighted by Gasteiger charge is 2.26. The fourth-order valence-electron chi connectivity index (χ4n) is 1.77. The van der Waals surface area contributed by atoms with Gasteiger partial charge in [0.15, 0.2) is 0 Å². The normalized spacial score (nSPS) is 18.1. The number of amides is 2. The van der Waals surface area contributed by atoms with Crippen LogP contribution in [0.15, 0.2) is 0 Å². The number of nitrogens with zero attached hydrogens (tertiary/aromatic N) is 2. The lowest BCUT2D eigenvalue weighted by Gasteiger charge is -2.35. The van der Waals surface area contributed by atoms with Gasteiger partial charge in [-0.2, -0.15) is 0 Å². The van der Waals surface area contributed by atoms with Gasteiger partial charge in [-0.1, -0.05) is 6.92 Å². The number of carbonyl (C=O) groups excluding carboxylic acids is 2. The molecule has 0 aromatic heterocycles. The van der Waals surface area contributed by atoms with Crippen LogP contribution in [0.1, 0.15) is 6.92 Å². The minimum atomic E-state index is -0.155. The maximum absolute atomic E-state index is 11.8. The zero-order chi connectivity index (χ0) is 12.8. The van der Waals surface area contributed by atoms with Gasteiger partial charge >= 0.3 is 0 Å². The van der Waals surface area contributed by atoms with Gasteiger partial charge in [-0.3, -0.25) is 9.59 Å². The maximum Gasteiger partial charge on any atom is 0.248 e. The van der Waals surface area contributed by atoms with Crippen LogP contribution < -0.4 is 0 Å². The highest BCUT2D eigenvalue weighted by Crippen LogP contribution is 2.09. The van der Waals surface area contributed by atoms with Crippen LogP contribution in [0, 0.1) is 5.92 Å². The lowest BCUT2D eigenvalue weighted by molar-refractivity contribution is -0.143. The van der Waals surface area contributed by atoms with Crippen LogP contribution >= 0.6 is 11.6 Å². The third-order valence-electron chi connectivity index (χ3n) is 2.86. The highest BCUT2D eigenvalue weighted by molar-refractivity contribution is 6.19. The van der Waals surface area contributed by atoms with Crippen LogP contribution in [-0.4, -0.2) is 67.4 Å². The molecule has 17 heavy (non-hydrogen) atoms. The second-order valence-electron chi connectivity index (χ2n) is 4.19. The van der Waals surface area contributed by atoms with E-state index in [1.807, 2.05) is 6.92 Å². The van der Waals surface area contributed by atoms with E-state index in [1.165, 1.54) is 7.11 Å². The molecule has 0 aromatic rings. The van der Waals surface area contributed by atoms with Crippen LogP contribution in [0.3, 0.4) is 0 Å². The van der Waals surface area contributed by atoms with Gasteiger partial charge < -0.3 is 14.5 Å².